The maximum absolute atomic E-state index is 11.9. The molecule has 0 radical (unpaired) electrons. The van der Waals surface area contributed by atoms with E-state index >= 15 is 0 Å². The summed E-state index contributed by atoms with van der Waals surface area (Å²) in [5.41, 5.74) is -0.177. The largest absolute Gasteiger partial charge is 0.375 e. The average molecular weight is 238 g/mol. The molecule has 17 heavy (non-hydrogen) atoms. The highest BCUT2D eigenvalue weighted by Gasteiger charge is 2.30. The van der Waals surface area contributed by atoms with Crippen LogP contribution in [0.5, 0.6) is 0 Å². The second kappa shape index (κ2) is 6.02. The molecule has 4 heteroatoms. The fourth-order valence-electron chi connectivity index (χ4n) is 2.20. The Morgan fingerprint density at radius 3 is 2.88 bits per heavy atom. The number of nitriles is 1. The van der Waals surface area contributed by atoms with Gasteiger partial charge in [-0.05, 0) is 33.1 Å². The quantitative estimate of drug-likeness (QED) is 0.814. The fourth-order valence-corrected chi connectivity index (χ4v) is 2.20. The van der Waals surface area contributed by atoms with Gasteiger partial charge in [0.05, 0.1) is 11.7 Å². The smallest absolute Gasteiger partial charge is 0.237 e. The Kier molecular flexibility index (Phi) is 4.95. The number of nitrogens with one attached hydrogen (secondary N) is 1. The summed E-state index contributed by atoms with van der Waals surface area (Å²) in [5, 5.41) is 11.9. The minimum atomic E-state index is -0.508. The third-order valence-corrected chi connectivity index (χ3v) is 3.09. The van der Waals surface area contributed by atoms with Crippen molar-refractivity contribution in [3.8, 4) is 6.07 Å². The molecule has 2 atom stereocenters. The highest BCUT2D eigenvalue weighted by molar-refractivity contribution is 5.81. The van der Waals surface area contributed by atoms with Crippen LogP contribution in [0, 0.1) is 17.2 Å². The van der Waals surface area contributed by atoms with E-state index in [0.29, 0.717) is 13.0 Å². The number of rotatable bonds is 4. The standard InChI is InChI=1S/C13H22N2O2/c1-4-5-10(9-14)12(16)15-11-6-7-17-13(2,3)8-11/h10-11H,4-8H2,1-3H3,(H,15,16). The van der Waals surface area contributed by atoms with E-state index in [4.69, 9.17) is 10.00 Å². The average Bonchev–Trinajstić information content (AvgIpc) is 2.24. The molecule has 4 nitrogen and oxygen atoms in total. The van der Waals surface area contributed by atoms with Gasteiger partial charge in [0.25, 0.3) is 0 Å². The maximum atomic E-state index is 11.9. The first-order valence-electron chi connectivity index (χ1n) is 6.32. The van der Waals surface area contributed by atoms with Crippen LogP contribution in [-0.4, -0.2) is 24.2 Å². The van der Waals surface area contributed by atoms with Crippen LogP contribution in [0.1, 0.15) is 46.5 Å². The minimum Gasteiger partial charge on any atom is -0.375 e. The van der Waals surface area contributed by atoms with E-state index in [9.17, 15) is 4.79 Å². The van der Waals surface area contributed by atoms with Crippen LogP contribution < -0.4 is 5.32 Å². The van der Waals surface area contributed by atoms with Crippen molar-refractivity contribution in [2.45, 2.75) is 58.1 Å². The molecule has 0 aromatic carbocycles. The van der Waals surface area contributed by atoms with Crippen molar-refractivity contribution >= 4 is 5.91 Å². The van der Waals surface area contributed by atoms with E-state index in [0.717, 1.165) is 19.3 Å². The van der Waals surface area contributed by atoms with Crippen molar-refractivity contribution in [2.75, 3.05) is 6.61 Å². The van der Waals surface area contributed by atoms with Crippen LogP contribution in [0.4, 0.5) is 0 Å². The summed E-state index contributed by atoms with van der Waals surface area (Å²) < 4.78 is 5.60. The first kappa shape index (κ1) is 14.0. The fraction of sp³-hybridized carbons (Fsp3) is 0.846. The summed E-state index contributed by atoms with van der Waals surface area (Å²) in [4.78, 5) is 11.9. The van der Waals surface area contributed by atoms with E-state index in [2.05, 4.69) is 11.4 Å². The van der Waals surface area contributed by atoms with Gasteiger partial charge in [-0.25, -0.2) is 0 Å². The molecule has 1 heterocycles. The van der Waals surface area contributed by atoms with Gasteiger partial charge >= 0.3 is 0 Å². The number of hydrogen-bond donors (Lipinski definition) is 1. The molecule has 0 saturated carbocycles. The highest BCUT2D eigenvalue weighted by Crippen LogP contribution is 2.24. The Bertz CT molecular complexity index is 307. The third-order valence-electron chi connectivity index (χ3n) is 3.09. The monoisotopic (exact) mass is 238 g/mol. The van der Waals surface area contributed by atoms with E-state index in [1.54, 1.807) is 0 Å². The highest BCUT2D eigenvalue weighted by atomic mass is 16.5. The van der Waals surface area contributed by atoms with Gasteiger partial charge in [0.15, 0.2) is 0 Å². The molecule has 0 bridgehead atoms. The minimum absolute atomic E-state index is 0.128. The van der Waals surface area contributed by atoms with E-state index in [1.165, 1.54) is 0 Å². The lowest BCUT2D eigenvalue weighted by Gasteiger charge is -2.36. The lowest BCUT2D eigenvalue weighted by molar-refractivity contribution is -0.126. The Hall–Kier alpha value is -1.08. The molecular formula is C13H22N2O2. The van der Waals surface area contributed by atoms with Gasteiger partial charge in [0.1, 0.15) is 5.92 Å². The molecule has 1 amide bonds. The zero-order chi connectivity index (χ0) is 12.9. The van der Waals surface area contributed by atoms with Crippen LogP contribution in [0.15, 0.2) is 0 Å². The Balaban J connectivity index is 2.48. The van der Waals surface area contributed by atoms with Crippen LogP contribution in [0.2, 0.25) is 0 Å². The Labute approximate surface area is 103 Å². The first-order valence-corrected chi connectivity index (χ1v) is 6.32. The number of hydrogen-bond acceptors (Lipinski definition) is 3. The third kappa shape index (κ3) is 4.35. The molecule has 1 aliphatic heterocycles. The van der Waals surface area contributed by atoms with Crippen molar-refractivity contribution in [2.24, 2.45) is 5.92 Å². The van der Waals surface area contributed by atoms with E-state index < -0.39 is 5.92 Å². The zero-order valence-corrected chi connectivity index (χ0v) is 11.0. The molecular weight excluding hydrogens is 216 g/mol. The predicted octanol–water partition coefficient (Wildman–Crippen LogP) is 2.00. The number of amides is 1. The van der Waals surface area contributed by atoms with E-state index in [-0.39, 0.29) is 17.6 Å². The molecule has 96 valence electrons. The molecule has 1 aliphatic rings. The summed E-state index contributed by atoms with van der Waals surface area (Å²) in [5.74, 6) is -0.636. The second-order valence-corrected chi connectivity index (χ2v) is 5.28. The van der Waals surface area contributed by atoms with Gasteiger partial charge in [-0.1, -0.05) is 13.3 Å². The van der Waals surface area contributed by atoms with E-state index in [1.807, 2.05) is 20.8 Å². The molecule has 1 N–H and O–H groups in total. The molecule has 0 aromatic heterocycles. The summed E-state index contributed by atoms with van der Waals surface area (Å²) in [6.45, 7) is 6.70. The SMILES string of the molecule is CCCC(C#N)C(=O)NC1CCOC(C)(C)C1. The van der Waals surface area contributed by atoms with Gasteiger partial charge < -0.3 is 10.1 Å². The Morgan fingerprint density at radius 2 is 2.35 bits per heavy atom. The van der Waals surface area contributed by atoms with Gasteiger partial charge in [-0.3, -0.25) is 4.79 Å². The summed E-state index contributed by atoms with van der Waals surface area (Å²) in [6, 6.07) is 2.21. The van der Waals surface area contributed by atoms with Gasteiger partial charge in [-0.15, -0.1) is 0 Å². The number of carbonyl (C=O) groups is 1. The summed E-state index contributed by atoms with van der Waals surface area (Å²) >= 11 is 0. The first-order chi connectivity index (χ1) is 7.98. The van der Waals surface area contributed by atoms with Crippen molar-refractivity contribution < 1.29 is 9.53 Å². The second-order valence-electron chi connectivity index (χ2n) is 5.28. The molecule has 1 saturated heterocycles. The molecule has 1 rings (SSSR count). The summed E-state index contributed by atoms with van der Waals surface area (Å²) in [7, 11) is 0. The zero-order valence-electron chi connectivity index (χ0n) is 11.0. The van der Waals surface area contributed by atoms with Gasteiger partial charge in [0, 0.05) is 12.6 Å². The molecule has 0 aliphatic carbocycles. The normalized spacial score (nSPS) is 24.7. The molecule has 1 fully saturated rings. The number of carbonyl (C=O) groups excluding carboxylic acids is 1. The van der Waals surface area contributed by atoms with Crippen molar-refractivity contribution in [1.82, 2.24) is 5.32 Å². The topological polar surface area (TPSA) is 62.1 Å². The number of ether oxygens (including phenoxy) is 1. The van der Waals surface area contributed by atoms with Crippen molar-refractivity contribution in [3.63, 3.8) is 0 Å². The Morgan fingerprint density at radius 1 is 1.65 bits per heavy atom. The predicted molar refractivity (Wildman–Crippen MR) is 65.2 cm³/mol. The van der Waals surface area contributed by atoms with Crippen LogP contribution in [0.25, 0.3) is 0 Å². The summed E-state index contributed by atoms with van der Waals surface area (Å²) in [6.07, 6.45) is 3.13. The lowest BCUT2D eigenvalue weighted by Crippen LogP contribution is -2.47. The molecule has 2 unspecified atom stereocenters. The van der Waals surface area contributed by atoms with Gasteiger partial charge in [-0.2, -0.15) is 5.26 Å². The van der Waals surface area contributed by atoms with Crippen LogP contribution in [-0.2, 0) is 9.53 Å². The van der Waals surface area contributed by atoms with Crippen molar-refractivity contribution in [1.29, 1.82) is 5.26 Å². The van der Waals surface area contributed by atoms with Crippen LogP contribution in [0.3, 0.4) is 0 Å². The van der Waals surface area contributed by atoms with Crippen molar-refractivity contribution in [3.05, 3.63) is 0 Å². The maximum Gasteiger partial charge on any atom is 0.237 e. The lowest BCUT2D eigenvalue weighted by atomic mass is 9.93. The molecule has 0 aromatic rings. The molecule has 0 spiro atoms. The number of nitrogens with zero attached hydrogens (tertiary/aromatic N) is 1. The van der Waals surface area contributed by atoms with Crippen LogP contribution >= 0.6 is 0 Å². The van der Waals surface area contributed by atoms with Gasteiger partial charge in [0.2, 0.25) is 5.91 Å².